The van der Waals surface area contributed by atoms with Gasteiger partial charge in [0, 0.05) is 18.7 Å². The standard InChI is InChI=1S/C20H21F4N5O/c1-11-5-3-8-16(27-11)29(26)15-9-10-28(12(2)18(15)25)19(30)13-6-4-7-14(17(13)21)20(22,23)24/h3-8,12H,9-10,25-26H2,1-2H3/t12-/m1/s1. The zero-order chi connectivity index (χ0) is 22.2. The van der Waals surface area contributed by atoms with Crippen LogP contribution in [0.2, 0.25) is 0 Å². The number of aromatic nitrogens is 1. The van der Waals surface area contributed by atoms with Crippen LogP contribution in [-0.4, -0.2) is 28.4 Å². The van der Waals surface area contributed by atoms with E-state index in [1.807, 2.05) is 13.0 Å². The van der Waals surface area contributed by atoms with E-state index in [0.717, 1.165) is 17.8 Å². The highest BCUT2D eigenvalue weighted by Gasteiger charge is 2.38. The van der Waals surface area contributed by atoms with Gasteiger partial charge in [-0.25, -0.2) is 15.2 Å². The molecule has 1 amide bonds. The van der Waals surface area contributed by atoms with Crippen LogP contribution >= 0.6 is 0 Å². The van der Waals surface area contributed by atoms with Gasteiger partial charge in [-0.15, -0.1) is 0 Å². The topological polar surface area (TPSA) is 88.5 Å². The monoisotopic (exact) mass is 423 g/mol. The van der Waals surface area contributed by atoms with E-state index in [2.05, 4.69) is 4.98 Å². The normalized spacial score (nSPS) is 17.3. The number of halogens is 4. The second-order valence-corrected chi connectivity index (χ2v) is 7.00. The van der Waals surface area contributed by atoms with Crippen LogP contribution in [0.1, 0.15) is 35.0 Å². The summed E-state index contributed by atoms with van der Waals surface area (Å²) in [5.41, 5.74) is 5.61. The van der Waals surface area contributed by atoms with E-state index in [-0.39, 0.29) is 18.7 Å². The molecule has 4 N–H and O–H groups in total. The quantitative estimate of drug-likeness (QED) is 0.449. The van der Waals surface area contributed by atoms with Gasteiger partial charge >= 0.3 is 6.18 Å². The first-order valence-corrected chi connectivity index (χ1v) is 9.16. The molecule has 1 aromatic heterocycles. The summed E-state index contributed by atoms with van der Waals surface area (Å²) in [6, 6.07) is 7.22. The molecule has 3 rings (SSSR count). The summed E-state index contributed by atoms with van der Waals surface area (Å²) in [5.74, 6) is 4.15. The molecule has 0 aliphatic carbocycles. The zero-order valence-electron chi connectivity index (χ0n) is 16.4. The third-order valence-corrected chi connectivity index (χ3v) is 5.05. The van der Waals surface area contributed by atoms with Crippen molar-refractivity contribution in [2.75, 3.05) is 11.6 Å². The number of carbonyl (C=O) groups is 1. The maximum absolute atomic E-state index is 14.4. The van der Waals surface area contributed by atoms with E-state index in [9.17, 15) is 22.4 Å². The van der Waals surface area contributed by atoms with Crippen LogP contribution in [0.5, 0.6) is 0 Å². The first kappa shape index (κ1) is 21.6. The van der Waals surface area contributed by atoms with Gasteiger partial charge in [-0.2, -0.15) is 13.2 Å². The highest BCUT2D eigenvalue weighted by Crippen LogP contribution is 2.33. The van der Waals surface area contributed by atoms with E-state index in [0.29, 0.717) is 17.6 Å². The van der Waals surface area contributed by atoms with E-state index in [4.69, 9.17) is 11.6 Å². The molecule has 0 spiro atoms. The van der Waals surface area contributed by atoms with Crippen molar-refractivity contribution in [1.82, 2.24) is 9.88 Å². The van der Waals surface area contributed by atoms with Crippen LogP contribution in [0.3, 0.4) is 0 Å². The van der Waals surface area contributed by atoms with Gasteiger partial charge in [0.25, 0.3) is 5.91 Å². The zero-order valence-corrected chi connectivity index (χ0v) is 16.4. The minimum absolute atomic E-state index is 0.102. The molecule has 1 aliphatic heterocycles. The Balaban J connectivity index is 1.90. The van der Waals surface area contributed by atoms with Crippen LogP contribution in [-0.2, 0) is 6.18 Å². The summed E-state index contributed by atoms with van der Waals surface area (Å²) in [5, 5.41) is 1.32. The molecule has 10 heteroatoms. The van der Waals surface area contributed by atoms with Gasteiger partial charge in [-0.05, 0) is 38.1 Å². The van der Waals surface area contributed by atoms with Gasteiger partial charge in [-0.1, -0.05) is 12.1 Å². The minimum Gasteiger partial charge on any atom is -0.399 e. The molecule has 30 heavy (non-hydrogen) atoms. The number of nitrogens with two attached hydrogens (primary N) is 2. The van der Waals surface area contributed by atoms with Crippen molar-refractivity contribution in [1.29, 1.82) is 0 Å². The summed E-state index contributed by atoms with van der Waals surface area (Å²) >= 11 is 0. The van der Waals surface area contributed by atoms with E-state index in [1.54, 1.807) is 19.1 Å². The fourth-order valence-corrected chi connectivity index (χ4v) is 3.38. The smallest absolute Gasteiger partial charge is 0.399 e. The third kappa shape index (κ3) is 3.95. The summed E-state index contributed by atoms with van der Waals surface area (Å²) in [4.78, 5) is 18.4. The number of anilines is 1. The highest BCUT2D eigenvalue weighted by molar-refractivity contribution is 5.95. The second kappa shape index (κ2) is 7.94. The molecule has 2 heterocycles. The summed E-state index contributed by atoms with van der Waals surface area (Å²) in [6.45, 7) is 3.52. The number of nitrogens with zero attached hydrogens (tertiary/aromatic N) is 3. The summed E-state index contributed by atoms with van der Waals surface area (Å²) in [7, 11) is 0. The number of carbonyl (C=O) groups excluding carboxylic acids is 1. The molecule has 1 aliphatic rings. The number of amides is 1. The molecule has 0 fully saturated rings. The van der Waals surface area contributed by atoms with Crippen LogP contribution in [0.25, 0.3) is 0 Å². The van der Waals surface area contributed by atoms with Crippen molar-refractivity contribution in [3.05, 3.63) is 70.4 Å². The van der Waals surface area contributed by atoms with Crippen molar-refractivity contribution in [3.8, 4) is 0 Å². The van der Waals surface area contributed by atoms with Crippen molar-refractivity contribution >= 4 is 11.7 Å². The Morgan fingerprint density at radius 1 is 1.23 bits per heavy atom. The summed E-state index contributed by atoms with van der Waals surface area (Å²) in [6.07, 6.45) is -4.67. The Labute approximate surface area is 170 Å². The van der Waals surface area contributed by atoms with E-state index < -0.39 is 35.1 Å². The highest BCUT2D eigenvalue weighted by atomic mass is 19.4. The maximum Gasteiger partial charge on any atom is 0.419 e. The average Bonchev–Trinajstić information content (AvgIpc) is 2.68. The first-order valence-electron chi connectivity index (χ1n) is 9.16. The number of hydrazine groups is 1. The number of pyridine rings is 1. The molecule has 0 unspecified atom stereocenters. The van der Waals surface area contributed by atoms with Crippen molar-refractivity contribution < 1.29 is 22.4 Å². The Morgan fingerprint density at radius 3 is 2.53 bits per heavy atom. The van der Waals surface area contributed by atoms with Crippen molar-refractivity contribution in [2.45, 2.75) is 32.5 Å². The molecule has 0 bridgehead atoms. The molecule has 1 aromatic carbocycles. The van der Waals surface area contributed by atoms with E-state index in [1.165, 1.54) is 9.91 Å². The fourth-order valence-electron chi connectivity index (χ4n) is 3.38. The number of hydrogen-bond acceptors (Lipinski definition) is 5. The Kier molecular flexibility index (Phi) is 5.71. The molecule has 6 nitrogen and oxygen atoms in total. The Morgan fingerprint density at radius 2 is 1.90 bits per heavy atom. The van der Waals surface area contributed by atoms with Gasteiger partial charge in [0.2, 0.25) is 0 Å². The number of benzene rings is 1. The Bertz CT molecular complexity index is 1000. The largest absolute Gasteiger partial charge is 0.419 e. The lowest BCUT2D eigenvalue weighted by Crippen LogP contribution is -2.49. The molecule has 0 radical (unpaired) electrons. The van der Waals surface area contributed by atoms with Crippen molar-refractivity contribution in [3.63, 3.8) is 0 Å². The molecule has 2 aromatic rings. The van der Waals surface area contributed by atoms with Gasteiger partial charge in [0.1, 0.15) is 11.6 Å². The average molecular weight is 423 g/mol. The van der Waals surface area contributed by atoms with Gasteiger partial charge in [0.05, 0.1) is 28.6 Å². The molecular formula is C20H21F4N5O. The maximum atomic E-state index is 14.4. The minimum atomic E-state index is -4.90. The molecule has 0 saturated carbocycles. The lowest BCUT2D eigenvalue weighted by molar-refractivity contribution is -0.140. The number of alkyl halides is 3. The van der Waals surface area contributed by atoms with Gasteiger partial charge in [-0.3, -0.25) is 9.80 Å². The van der Waals surface area contributed by atoms with Gasteiger partial charge < -0.3 is 10.6 Å². The van der Waals surface area contributed by atoms with Crippen LogP contribution in [0, 0.1) is 12.7 Å². The third-order valence-electron chi connectivity index (χ3n) is 5.05. The summed E-state index contributed by atoms with van der Waals surface area (Å²) < 4.78 is 53.4. The number of aryl methyl sites for hydroxylation is 1. The predicted molar refractivity (Wildman–Crippen MR) is 103 cm³/mol. The number of rotatable bonds is 3. The molecule has 0 saturated heterocycles. The second-order valence-electron chi connectivity index (χ2n) is 7.00. The molecular weight excluding hydrogens is 402 g/mol. The predicted octanol–water partition coefficient (Wildman–Crippen LogP) is 3.33. The lowest BCUT2D eigenvalue weighted by atomic mass is 10.0. The molecule has 160 valence electrons. The first-order chi connectivity index (χ1) is 14.0. The van der Waals surface area contributed by atoms with E-state index >= 15 is 0 Å². The SMILES string of the molecule is Cc1cccc(N(N)C2=C(N)[C@@H](C)N(C(=O)c3cccc(C(F)(F)F)c3F)CC2)n1. The number of hydrogen-bond donors (Lipinski definition) is 2. The lowest BCUT2D eigenvalue weighted by Gasteiger charge is -2.37. The van der Waals surface area contributed by atoms with Crippen molar-refractivity contribution in [2.24, 2.45) is 11.6 Å². The van der Waals surface area contributed by atoms with Crippen LogP contribution in [0.15, 0.2) is 47.8 Å². The Hall–Kier alpha value is -3.14. The van der Waals surface area contributed by atoms with Gasteiger partial charge in [0.15, 0.2) is 0 Å². The molecule has 1 atom stereocenters. The van der Waals surface area contributed by atoms with Crippen LogP contribution in [0.4, 0.5) is 23.4 Å². The van der Waals surface area contributed by atoms with Crippen LogP contribution < -0.4 is 16.6 Å². The fraction of sp³-hybridized carbons (Fsp3) is 0.300.